The summed E-state index contributed by atoms with van der Waals surface area (Å²) < 4.78 is 0. The Kier molecular flexibility index (Phi) is 3.80. The quantitative estimate of drug-likeness (QED) is 0.404. The predicted molar refractivity (Wildman–Crippen MR) is 77.1 cm³/mol. The van der Waals surface area contributed by atoms with E-state index in [9.17, 15) is 14.9 Å². The topological polar surface area (TPSA) is 99.1 Å². The summed E-state index contributed by atoms with van der Waals surface area (Å²) in [6.45, 7) is 4.03. The molecule has 1 aromatic heterocycles. The number of carbonyl (C=O) groups is 1. The number of nitro groups is 1. The number of hydrogen-bond acceptors (Lipinski definition) is 6. The Hall–Kier alpha value is -2.28. The summed E-state index contributed by atoms with van der Waals surface area (Å²) in [6.07, 6.45) is 1.67. The first-order valence-corrected chi connectivity index (χ1v) is 6.76. The minimum Gasteiger partial charge on any atom is -0.398 e. The Labute approximate surface area is 119 Å². The first kappa shape index (κ1) is 14.1. The van der Waals surface area contributed by atoms with Crippen LogP contribution in [0.15, 0.2) is 24.4 Å². The molecule has 104 valence electrons. The molecule has 0 aliphatic rings. The number of ketones is 1. The summed E-state index contributed by atoms with van der Waals surface area (Å²) >= 11 is 1.31. The Morgan fingerprint density at radius 1 is 1.45 bits per heavy atom. The number of anilines is 1. The zero-order chi connectivity index (χ0) is 14.9. The number of nitrogen functional groups attached to an aromatic ring is 1. The lowest BCUT2D eigenvalue weighted by atomic mass is 10.1. The Morgan fingerprint density at radius 3 is 2.65 bits per heavy atom. The van der Waals surface area contributed by atoms with E-state index in [2.05, 4.69) is 4.98 Å². The second-order valence-electron chi connectivity index (χ2n) is 4.58. The summed E-state index contributed by atoms with van der Waals surface area (Å²) in [4.78, 5) is 27.5. The van der Waals surface area contributed by atoms with E-state index in [1.165, 1.54) is 29.5 Å². The molecule has 0 amide bonds. The van der Waals surface area contributed by atoms with Gasteiger partial charge in [0.05, 0.1) is 4.92 Å². The molecule has 0 fully saturated rings. The van der Waals surface area contributed by atoms with E-state index in [1.54, 1.807) is 6.20 Å². The third kappa shape index (κ3) is 2.67. The molecule has 1 heterocycles. The summed E-state index contributed by atoms with van der Waals surface area (Å²) in [5.74, 6) is -0.0162. The number of non-ortho nitro benzene ring substituents is 1. The molecule has 0 spiro atoms. The van der Waals surface area contributed by atoms with Crippen LogP contribution in [0.3, 0.4) is 0 Å². The van der Waals surface area contributed by atoms with Crippen molar-refractivity contribution in [2.45, 2.75) is 19.8 Å². The average Bonchev–Trinajstić information content (AvgIpc) is 2.87. The molecule has 0 bridgehead atoms. The van der Waals surface area contributed by atoms with Gasteiger partial charge in [0.25, 0.3) is 5.69 Å². The molecule has 0 aliphatic heterocycles. The lowest BCUT2D eigenvalue weighted by Crippen LogP contribution is -2.05. The zero-order valence-corrected chi connectivity index (χ0v) is 11.8. The van der Waals surface area contributed by atoms with Crippen LogP contribution in [-0.4, -0.2) is 15.7 Å². The highest BCUT2D eigenvalue weighted by Gasteiger charge is 2.19. The minimum atomic E-state index is -0.551. The number of aromatic nitrogens is 1. The van der Waals surface area contributed by atoms with E-state index in [-0.39, 0.29) is 22.7 Å². The van der Waals surface area contributed by atoms with Crippen LogP contribution in [0.1, 0.15) is 40.0 Å². The summed E-state index contributed by atoms with van der Waals surface area (Å²) in [5, 5.41) is 11.0. The lowest BCUT2D eigenvalue weighted by Gasteiger charge is -2.02. The van der Waals surface area contributed by atoms with E-state index < -0.39 is 4.92 Å². The van der Waals surface area contributed by atoms with Gasteiger partial charge in [-0.15, -0.1) is 11.3 Å². The molecule has 0 unspecified atom stereocenters. The number of rotatable bonds is 4. The highest BCUT2D eigenvalue weighted by molar-refractivity contribution is 7.13. The van der Waals surface area contributed by atoms with Crippen molar-refractivity contribution >= 4 is 28.5 Å². The van der Waals surface area contributed by atoms with Gasteiger partial charge in [-0.1, -0.05) is 13.8 Å². The van der Waals surface area contributed by atoms with Gasteiger partial charge in [-0.05, 0) is 12.0 Å². The molecule has 6 nitrogen and oxygen atoms in total. The highest BCUT2D eigenvalue weighted by atomic mass is 32.1. The predicted octanol–water partition coefficient (Wildman–Crippen LogP) is 2.99. The smallest absolute Gasteiger partial charge is 0.271 e. The Morgan fingerprint density at radius 2 is 2.15 bits per heavy atom. The molecule has 7 heteroatoms. The maximum absolute atomic E-state index is 12.3. The van der Waals surface area contributed by atoms with Crippen LogP contribution in [0.2, 0.25) is 0 Å². The zero-order valence-electron chi connectivity index (χ0n) is 11.0. The van der Waals surface area contributed by atoms with Crippen LogP contribution in [-0.2, 0) is 0 Å². The van der Waals surface area contributed by atoms with E-state index in [4.69, 9.17) is 5.73 Å². The Bertz CT molecular complexity index is 679. The van der Waals surface area contributed by atoms with Gasteiger partial charge in [0.15, 0.2) is 5.01 Å². The largest absolute Gasteiger partial charge is 0.398 e. The normalized spacial score (nSPS) is 10.8. The molecular formula is C13H13N3O3S. The fraction of sp³-hybridized carbons (Fsp3) is 0.231. The molecule has 0 saturated carbocycles. The van der Waals surface area contributed by atoms with Gasteiger partial charge in [-0.25, -0.2) is 4.98 Å². The van der Waals surface area contributed by atoms with Crippen molar-refractivity contribution in [3.8, 4) is 0 Å². The molecule has 0 saturated heterocycles. The second kappa shape index (κ2) is 5.38. The molecule has 0 atom stereocenters. The standard InChI is InChI=1S/C13H13N3O3S/c1-7(2)11-6-15-13(20-11)12(17)9-4-3-8(16(18)19)5-10(9)14/h3-7H,14H2,1-2H3. The fourth-order valence-corrected chi connectivity index (χ4v) is 2.52. The number of thiazole rings is 1. The lowest BCUT2D eigenvalue weighted by molar-refractivity contribution is -0.384. The van der Waals surface area contributed by atoms with Gasteiger partial charge in [-0.2, -0.15) is 0 Å². The van der Waals surface area contributed by atoms with Crippen molar-refractivity contribution in [3.05, 3.63) is 50.0 Å². The highest BCUT2D eigenvalue weighted by Crippen LogP contribution is 2.26. The van der Waals surface area contributed by atoms with Crippen molar-refractivity contribution in [1.82, 2.24) is 4.98 Å². The van der Waals surface area contributed by atoms with Crippen LogP contribution in [0, 0.1) is 10.1 Å². The van der Waals surface area contributed by atoms with Gasteiger partial charge in [-0.3, -0.25) is 14.9 Å². The minimum absolute atomic E-state index is 0.0884. The van der Waals surface area contributed by atoms with E-state index in [0.717, 1.165) is 4.88 Å². The molecule has 0 aliphatic carbocycles. The van der Waals surface area contributed by atoms with Gasteiger partial charge >= 0.3 is 0 Å². The summed E-state index contributed by atoms with van der Waals surface area (Å²) in [6, 6.07) is 3.82. The SMILES string of the molecule is CC(C)c1cnc(C(=O)c2ccc([N+](=O)[O-])cc2N)s1. The fourth-order valence-electron chi connectivity index (χ4n) is 1.64. The second-order valence-corrected chi connectivity index (χ2v) is 5.64. The van der Waals surface area contributed by atoms with Crippen LogP contribution < -0.4 is 5.73 Å². The number of benzene rings is 1. The molecule has 20 heavy (non-hydrogen) atoms. The van der Waals surface area contributed by atoms with Crippen molar-refractivity contribution in [2.75, 3.05) is 5.73 Å². The molecular weight excluding hydrogens is 278 g/mol. The average molecular weight is 291 g/mol. The Balaban J connectivity index is 2.35. The first-order valence-electron chi connectivity index (χ1n) is 5.94. The summed E-state index contributed by atoms with van der Waals surface area (Å²) in [7, 11) is 0. The number of nitrogens with two attached hydrogens (primary N) is 1. The van der Waals surface area contributed by atoms with E-state index in [0.29, 0.717) is 10.9 Å². The number of hydrogen-bond donors (Lipinski definition) is 1. The molecule has 2 aromatic rings. The van der Waals surface area contributed by atoms with Crippen molar-refractivity contribution in [2.24, 2.45) is 0 Å². The summed E-state index contributed by atoms with van der Waals surface area (Å²) in [5.41, 5.74) is 5.90. The number of carbonyl (C=O) groups excluding carboxylic acids is 1. The van der Waals surface area contributed by atoms with Gasteiger partial charge in [0.2, 0.25) is 5.78 Å². The van der Waals surface area contributed by atoms with E-state index in [1.807, 2.05) is 13.8 Å². The molecule has 0 radical (unpaired) electrons. The molecule has 1 aromatic carbocycles. The maximum Gasteiger partial charge on any atom is 0.271 e. The van der Waals surface area contributed by atoms with Crippen LogP contribution >= 0.6 is 11.3 Å². The maximum atomic E-state index is 12.3. The van der Waals surface area contributed by atoms with Crippen LogP contribution in [0.4, 0.5) is 11.4 Å². The van der Waals surface area contributed by atoms with E-state index >= 15 is 0 Å². The molecule has 2 N–H and O–H groups in total. The number of nitrogens with zero attached hydrogens (tertiary/aromatic N) is 2. The third-order valence-electron chi connectivity index (χ3n) is 2.78. The van der Waals surface area contributed by atoms with Gasteiger partial charge < -0.3 is 5.73 Å². The monoisotopic (exact) mass is 291 g/mol. The van der Waals surface area contributed by atoms with Gasteiger partial charge in [0.1, 0.15) is 0 Å². The van der Waals surface area contributed by atoms with Crippen LogP contribution in [0.25, 0.3) is 0 Å². The first-order chi connectivity index (χ1) is 9.40. The van der Waals surface area contributed by atoms with Crippen molar-refractivity contribution in [3.63, 3.8) is 0 Å². The number of nitro benzene ring substituents is 1. The van der Waals surface area contributed by atoms with Gasteiger partial charge in [0, 0.05) is 34.5 Å². The molecule has 2 rings (SSSR count). The van der Waals surface area contributed by atoms with Crippen molar-refractivity contribution in [1.29, 1.82) is 0 Å². The van der Waals surface area contributed by atoms with Crippen molar-refractivity contribution < 1.29 is 9.72 Å². The van der Waals surface area contributed by atoms with Crippen LogP contribution in [0.5, 0.6) is 0 Å². The third-order valence-corrected chi connectivity index (χ3v) is 4.07.